The van der Waals surface area contributed by atoms with E-state index in [9.17, 15) is 10.2 Å². The van der Waals surface area contributed by atoms with Crippen LogP contribution in [0.15, 0.2) is 12.1 Å². The highest BCUT2D eigenvalue weighted by atomic mass is 16.3. The van der Waals surface area contributed by atoms with Crippen molar-refractivity contribution in [2.24, 2.45) is 0 Å². The Kier molecular flexibility index (Phi) is 2.27. The quantitative estimate of drug-likeness (QED) is 0.629. The lowest BCUT2D eigenvalue weighted by Gasteiger charge is -2.08. The SMILES string of the molecule is Cc1cc(C(C)C)cc(O)c1O. The fourth-order valence-corrected chi connectivity index (χ4v) is 1.12. The minimum absolute atomic E-state index is 0.0144. The molecule has 0 heterocycles. The molecule has 1 aromatic rings. The van der Waals surface area contributed by atoms with E-state index in [-0.39, 0.29) is 11.5 Å². The molecule has 0 unspecified atom stereocenters. The lowest BCUT2D eigenvalue weighted by atomic mass is 10.0. The van der Waals surface area contributed by atoms with Crippen LogP contribution in [0.3, 0.4) is 0 Å². The maximum absolute atomic E-state index is 9.28. The Hall–Kier alpha value is -1.18. The van der Waals surface area contributed by atoms with Crippen LogP contribution in [-0.2, 0) is 0 Å². The van der Waals surface area contributed by atoms with E-state index in [4.69, 9.17) is 0 Å². The van der Waals surface area contributed by atoms with Gasteiger partial charge < -0.3 is 10.2 Å². The normalized spacial score (nSPS) is 10.7. The van der Waals surface area contributed by atoms with E-state index in [1.54, 1.807) is 13.0 Å². The summed E-state index contributed by atoms with van der Waals surface area (Å²) in [4.78, 5) is 0. The van der Waals surface area contributed by atoms with Gasteiger partial charge in [0.15, 0.2) is 11.5 Å². The smallest absolute Gasteiger partial charge is 0.160 e. The largest absolute Gasteiger partial charge is 0.504 e. The summed E-state index contributed by atoms with van der Waals surface area (Å²) < 4.78 is 0. The molecule has 0 fully saturated rings. The standard InChI is InChI=1S/C10H14O2/c1-6(2)8-4-7(3)10(12)9(11)5-8/h4-6,11-12H,1-3H3. The molecule has 0 saturated heterocycles. The fraction of sp³-hybridized carbons (Fsp3) is 0.400. The molecule has 0 bridgehead atoms. The maximum Gasteiger partial charge on any atom is 0.160 e. The molecule has 0 spiro atoms. The molecule has 2 heteroatoms. The number of hydrogen-bond acceptors (Lipinski definition) is 2. The van der Waals surface area contributed by atoms with Crippen molar-refractivity contribution in [3.63, 3.8) is 0 Å². The van der Waals surface area contributed by atoms with Gasteiger partial charge in [0.25, 0.3) is 0 Å². The lowest BCUT2D eigenvalue weighted by molar-refractivity contribution is 0.400. The number of benzene rings is 1. The minimum atomic E-state index is -0.0290. The van der Waals surface area contributed by atoms with Crippen molar-refractivity contribution < 1.29 is 10.2 Å². The predicted molar refractivity (Wildman–Crippen MR) is 48.6 cm³/mol. The third-order valence-corrected chi connectivity index (χ3v) is 1.97. The zero-order chi connectivity index (χ0) is 9.30. The Morgan fingerprint density at radius 2 is 1.75 bits per heavy atom. The third-order valence-electron chi connectivity index (χ3n) is 1.97. The van der Waals surface area contributed by atoms with Gasteiger partial charge in [0.05, 0.1) is 0 Å². The van der Waals surface area contributed by atoms with Crippen LogP contribution in [0.5, 0.6) is 11.5 Å². The molecule has 0 aliphatic carbocycles. The van der Waals surface area contributed by atoms with Crippen molar-refractivity contribution in [3.05, 3.63) is 23.3 Å². The number of phenols is 2. The second kappa shape index (κ2) is 3.05. The molecule has 12 heavy (non-hydrogen) atoms. The number of hydrogen-bond donors (Lipinski definition) is 2. The fourth-order valence-electron chi connectivity index (χ4n) is 1.12. The van der Waals surface area contributed by atoms with Crippen LogP contribution in [0.2, 0.25) is 0 Å². The van der Waals surface area contributed by atoms with Gasteiger partial charge in [-0.1, -0.05) is 19.9 Å². The predicted octanol–water partition coefficient (Wildman–Crippen LogP) is 2.53. The van der Waals surface area contributed by atoms with Crippen LogP contribution < -0.4 is 0 Å². The molecule has 0 radical (unpaired) electrons. The Morgan fingerprint density at radius 3 is 2.17 bits per heavy atom. The van der Waals surface area contributed by atoms with Gasteiger partial charge in [-0.15, -0.1) is 0 Å². The average Bonchev–Trinajstić information content (AvgIpc) is 1.99. The second-order valence-corrected chi connectivity index (χ2v) is 3.36. The van der Waals surface area contributed by atoms with Gasteiger partial charge in [-0.3, -0.25) is 0 Å². The van der Waals surface area contributed by atoms with Crippen LogP contribution >= 0.6 is 0 Å². The van der Waals surface area contributed by atoms with E-state index in [0.717, 1.165) is 11.1 Å². The molecule has 0 aromatic heterocycles. The molecule has 0 atom stereocenters. The monoisotopic (exact) mass is 166 g/mol. The van der Waals surface area contributed by atoms with E-state index >= 15 is 0 Å². The zero-order valence-corrected chi connectivity index (χ0v) is 7.63. The van der Waals surface area contributed by atoms with Gasteiger partial charge >= 0.3 is 0 Å². The van der Waals surface area contributed by atoms with E-state index in [1.165, 1.54) is 0 Å². The molecule has 0 amide bonds. The van der Waals surface area contributed by atoms with Gasteiger partial charge in [0.1, 0.15) is 0 Å². The van der Waals surface area contributed by atoms with Crippen molar-refractivity contribution in [3.8, 4) is 11.5 Å². The van der Waals surface area contributed by atoms with Gasteiger partial charge in [-0.25, -0.2) is 0 Å². The Balaban J connectivity index is 3.21. The van der Waals surface area contributed by atoms with Crippen LogP contribution in [-0.4, -0.2) is 10.2 Å². The van der Waals surface area contributed by atoms with Gasteiger partial charge in [-0.05, 0) is 30.0 Å². The highest BCUT2D eigenvalue weighted by molar-refractivity contribution is 5.47. The van der Waals surface area contributed by atoms with Crippen molar-refractivity contribution >= 4 is 0 Å². The Bertz CT molecular complexity index is 267. The first-order valence-corrected chi connectivity index (χ1v) is 4.05. The number of aromatic hydroxyl groups is 2. The summed E-state index contributed by atoms with van der Waals surface area (Å²) in [5.74, 6) is 0.327. The summed E-state index contributed by atoms with van der Waals surface area (Å²) in [6.07, 6.45) is 0. The molecule has 2 N–H and O–H groups in total. The summed E-state index contributed by atoms with van der Waals surface area (Å²) in [6, 6.07) is 3.49. The van der Waals surface area contributed by atoms with Crippen molar-refractivity contribution in [2.75, 3.05) is 0 Å². The summed E-state index contributed by atoms with van der Waals surface area (Å²) in [5.41, 5.74) is 1.77. The first kappa shape index (κ1) is 8.91. The number of phenolic OH excluding ortho intramolecular Hbond substituents is 2. The van der Waals surface area contributed by atoms with Crippen molar-refractivity contribution in [1.29, 1.82) is 0 Å². The van der Waals surface area contributed by atoms with E-state index in [1.807, 2.05) is 19.9 Å². The van der Waals surface area contributed by atoms with Crippen molar-refractivity contribution in [2.45, 2.75) is 26.7 Å². The van der Waals surface area contributed by atoms with Crippen LogP contribution in [0.25, 0.3) is 0 Å². The summed E-state index contributed by atoms with van der Waals surface area (Å²) in [5, 5.41) is 18.5. The molecule has 0 aliphatic rings. The lowest BCUT2D eigenvalue weighted by Crippen LogP contribution is -1.88. The maximum atomic E-state index is 9.28. The number of aryl methyl sites for hydroxylation is 1. The molecule has 0 saturated carbocycles. The summed E-state index contributed by atoms with van der Waals surface area (Å²) in [7, 11) is 0. The highest BCUT2D eigenvalue weighted by Gasteiger charge is 2.07. The summed E-state index contributed by atoms with van der Waals surface area (Å²) >= 11 is 0. The first-order chi connectivity index (χ1) is 5.52. The van der Waals surface area contributed by atoms with Crippen molar-refractivity contribution in [1.82, 2.24) is 0 Å². The first-order valence-electron chi connectivity index (χ1n) is 4.05. The minimum Gasteiger partial charge on any atom is -0.504 e. The number of rotatable bonds is 1. The van der Waals surface area contributed by atoms with Gasteiger partial charge in [0, 0.05) is 0 Å². The van der Waals surface area contributed by atoms with E-state index in [2.05, 4.69) is 0 Å². The summed E-state index contributed by atoms with van der Waals surface area (Å²) in [6.45, 7) is 5.87. The molecule has 66 valence electrons. The second-order valence-electron chi connectivity index (χ2n) is 3.36. The zero-order valence-electron chi connectivity index (χ0n) is 7.63. The van der Waals surface area contributed by atoms with Crippen LogP contribution in [0.4, 0.5) is 0 Å². The molecular weight excluding hydrogens is 152 g/mol. The molecule has 1 rings (SSSR count). The van der Waals surface area contributed by atoms with Crippen LogP contribution in [0, 0.1) is 6.92 Å². The van der Waals surface area contributed by atoms with Crippen LogP contribution in [0.1, 0.15) is 30.9 Å². The van der Waals surface area contributed by atoms with E-state index < -0.39 is 0 Å². The van der Waals surface area contributed by atoms with Gasteiger partial charge in [0.2, 0.25) is 0 Å². The third kappa shape index (κ3) is 1.52. The topological polar surface area (TPSA) is 40.5 Å². The molecule has 1 aromatic carbocycles. The highest BCUT2D eigenvalue weighted by Crippen LogP contribution is 2.32. The molecule has 2 nitrogen and oxygen atoms in total. The Morgan fingerprint density at radius 1 is 1.17 bits per heavy atom. The average molecular weight is 166 g/mol. The Labute approximate surface area is 72.5 Å². The van der Waals surface area contributed by atoms with Gasteiger partial charge in [-0.2, -0.15) is 0 Å². The molecular formula is C10H14O2. The van der Waals surface area contributed by atoms with E-state index in [0.29, 0.717) is 5.92 Å². The molecule has 0 aliphatic heterocycles.